The van der Waals surface area contributed by atoms with E-state index in [1.165, 1.54) is 30.1 Å². The standard InChI is InChI=1S/C21H20FN5O2S/c1-30-21-23-12-18(27(21)17-10-2-13(22)3-11-17)19(28)24-14-4-6-15(7-5-14)25-20(29)26-16-8-9-16/h2-7,10-12,16H,8-9H2,1H3,(H,24,28)(H2,25,26,29). The van der Waals surface area contributed by atoms with Crippen molar-refractivity contribution in [3.63, 3.8) is 0 Å². The van der Waals surface area contributed by atoms with Gasteiger partial charge < -0.3 is 16.0 Å². The number of carbonyl (C=O) groups excluding carboxylic acids is 2. The number of nitrogens with zero attached hydrogens (tertiary/aromatic N) is 2. The van der Waals surface area contributed by atoms with Crippen LogP contribution in [0.25, 0.3) is 5.69 Å². The van der Waals surface area contributed by atoms with Crippen molar-refractivity contribution in [2.24, 2.45) is 0 Å². The number of anilines is 2. The summed E-state index contributed by atoms with van der Waals surface area (Å²) in [6, 6.07) is 12.8. The fourth-order valence-corrected chi connectivity index (χ4v) is 3.44. The number of imidazole rings is 1. The number of amides is 3. The van der Waals surface area contributed by atoms with Gasteiger partial charge in [0, 0.05) is 23.1 Å². The fraction of sp³-hybridized carbons (Fsp3) is 0.190. The minimum atomic E-state index is -0.352. The van der Waals surface area contributed by atoms with Crippen molar-refractivity contribution in [2.75, 3.05) is 16.9 Å². The summed E-state index contributed by atoms with van der Waals surface area (Å²) in [5.74, 6) is -0.700. The lowest BCUT2D eigenvalue weighted by Crippen LogP contribution is -2.30. The molecule has 0 aliphatic heterocycles. The first kappa shape index (κ1) is 20.0. The van der Waals surface area contributed by atoms with Gasteiger partial charge in [-0.15, -0.1) is 0 Å². The molecular formula is C21H20FN5O2S. The third-order valence-corrected chi connectivity index (χ3v) is 5.20. The van der Waals surface area contributed by atoms with Crippen LogP contribution in [0.5, 0.6) is 0 Å². The fourth-order valence-electron chi connectivity index (χ4n) is 2.89. The molecule has 3 aromatic rings. The Morgan fingerprint density at radius 3 is 2.27 bits per heavy atom. The first-order valence-corrected chi connectivity index (χ1v) is 10.6. The number of hydrogen-bond donors (Lipinski definition) is 3. The lowest BCUT2D eigenvalue weighted by Gasteiger charge is -2.12. The van der Waals surface area contributed by atoms with E-state index in [0.717, 1.165) is 12.8 Å². The number of nitrogens with one attached hydrogen (secondary N) is 3. The van der Waals surface area contributed by atoms with E-state index in [2.05, 4.69) is 20.9 Å². The molecule has 0 saturated heterocycles. The normalized spacial score (nSPS) is 13.0. The van der Waals surface area contributed by atoms with E-state index in [1.54, 1.807) is 41.0 Å². The molecule has 7 nitrogen and oxygen atoms in total. The van der Waals surface area contributed by atoms with E-state index in [-0.39, 0.29) is 23.8 Å². The highest BCUT2D eigenvalue weighted by Crippen LogP contribution is 2.23. The van der Waals surface area contributed by atoms with Crippen LogP contribution in [-0.4, -0.2) is 33.8 Å². The van der Waals surface area contributed by atoms with Crippen LogP contribution >= 0.6 is 11.8 Å². The molecule has 154 valence electrons. The van der Waals surface area contributed by atoms with Crippen LogP contribution in [0.1, 0.15) is 23.3 Å². The highest BCUT2D eigenvalue weighted by Gasteiger charge is 2.23. The lowest BCUT2D eigenvalue weighted by atomic mass is 10.2. The Morgan fingerprint density at radius 1 is 1.03 bits per heavy atom. The molecule has 4 rings (SSSR count). The van der Waals surface area contributed by atoms with Gasteiger partial charge in [-0.05, 0) is 67.6 Å². The Morgan fingerprint density at radius 2 is 1.67 bits per heavy atom. The summed E-state index contributed by atoms with van der Waals surface area (Å²) in [6.45, 7) is 0. The smallest absolute Gasteiger partial charge is 0.319 e. The van der Waals surface area contributed by atoms with E-state index in [9.17, 15) is 14.0 Å². The third kappa shape index (κ3) is 4.62. The molecule has 1 aromatic heterocycles. The molecule has 1 fully saturated rings. The van der Waals surface area contributed by atoms with Gasteiger partial charge in [-0.3, -0.25) is 9.36 Å². The molecule has 3 amide bonds. The van der Waals surface area contributed by atoms with Crippen LogP contribution in [0.3, 0.4) is 0 Å². The molecule has 1 saturated carbocycles. The second-order valence-electron chi connectivity index (χ2n) is 6.85. The van der Waals surface area contributed by atoms with E-state index in [1.807, 2.05) is 6.26 Å². The molecule has 0 atom stereocenters. The van der Waals surface area contributed by atoms with Crippen molar-refractivity contribution in [1.82, 2.24) is 14.9 Å². The summed E-state index contributed by atoms with van der Waals surface area (Å²) in [5.41, 5.74) is 2.18. The van der Waals surface area contributed by atoms with Crippen LogP contribution < -0.4 is 16.0 Å². The van der Waals surface area contributed by atoms with Crippen molar-refractivity contribution in [1.29, 1.82) is 0 Å². The third-order valence-electron chi connectivity index (χ3n) is 4.54. The largest absolute Gasteiger partial charge is 0.335 e. The van der Waals surface area contributed by atoms with Crippen LogP contribution in [0.15, 0.2) is 59.9 Å². The zero-order valence-electron chi connectivity index (χ0n) is 16.2. The van der Waals surface area contributed by atoms with Gasteiger partial charge in [-0.1, -0.05) is 11.8 Å². The second kappa shape index (κ2) is 8.58. The lowest BCUT2D eigenvalue weighted by molar-refractivity contribution is 0.102. The monoisotopic (exact) mass is 425 g/mol. The van der Waals surface area contributed by atoms with E-state index < -0.39 is 0 Å². The zero-order chi connectivity index (χ0) is 21.1. The summed E-state index contributed by atoms with van der Waals surface area (Å²) in [7, 11) is 0. The number of thioether (sulfide) groups is 1. The number of urea groups is 1. The average Bonchev–Trinajstić information content (AvgIpc) is 3.44. The SMILES string of the molecule is CSc1ncc(C(=O)Nc2ccc(NC(=O)NC3CC3)cc2)n1-c1ccc(F)cc1. The summed E-state index contributed by atoms with van der Waals surface area (Å²) >= 11 is 1.39. The van der Waals surface area contributed by atoms with Gasteiger partial charge in [0.25, 0.3) is 5.91 Å². The Kier molecular flexibility index (Phi) is 5.71. The summed E-state index contributed by atoms with van der Waals surface area (Å²) in [4.78, 5) is 29.0. The molecule has 3 N–H and O–H groups in total. The van der Waals surface area contributed by atoms with Crippen molar-refractivity contribution < 1.29 is 14.0 Å². The number of carbonyl (C=O) groups is 2. The number of halogens is 1. The Balaban J connectivity index is 1.48. The van der Waals surface area contributed by atoms with Crippen LogP contribution in [-0.2, 0) is 0 Å². The molecule has 0 spiro atoms. The Bertz CT molecular complexity index is 1060. The van der Waals surface area contributed by atoms with Gasteiger partial charge in [0.05, 0.1) is 6.20 Å². The molecule has 1 aliphatic carbocycles. The maximum absolute atomic E-state index is 13.3. The quantitative estimate of drug-likeness (QED) is 0.515. The predicted octanol–water partition coefficient (Wildman–Crippen LogP) is 4.27. The van der Waals surface area contributed by atoms with Gasteiger partial charge in [-0.25, -0.2) is 14.2 Å². The summed E-state index contributed by atoms with van der Waals surface area (Å²) in [5, 5.41) is 9.06. The predicted molar refractivity (Wildman–Crippen MR) is 115 cm³/mol. The molecule has 30 heavy (non-hydrogen) atoms. The van der Waals surface area contributed by atoms with Crippen molar-refractivity contribution in [3.05, 3.63) is 66.2 Å². The highest BCUT2D eigenvalue weighted by molar-refractivity contribution is 7.98. The minimum Gasteiger partial charge on any atom is -0.335 e. The van der Waals surface area contributed by atoms with Gasteiger partial charge in [0.2, 0.25) is 0 Å². The Labute approximate surface area is 177 Å². The molecule has 1 aliphatic rings. The molecule has 2 aromatic carbocycles. The minimum absolute atomic E-state index is 0.234. The van der Waals surface area contributed by atoms with E-state index in [0.29, 0.717) is 27.9 Å². The first-order valence-electron chi connectivity index (χ1n) is 9.40. The molecule has 0 bridgehead atoms. The van der Waals surface area contributed by atoms with E-state index >= 15 is 0 Å². The van der Waals surface area contributed by atoms with Gasteiger partial charge in [0.1, 0.15) is 11.5 Å². The topological polar surface area (TPSA) is 88.1 Å². The van der Waals surface area contributed by atoms with Crippen molar-refractivity contribution >= 4 is 35.1 Å². The molecule has 0 unspecified atom stereocenters. The van der Waals surface area contributed by atoms with Gasteiger partial charge >= 0.3 is 6.03 Å². The number of rotatable bonds is 6. The van der Waals surface area contributed by atoms with Gasteiger partial charge in [-0.2, -0.15) is 0 Å². The first-order chi connectivity index (χ1) is 14.5. The van der Waals surface area contributed by atoms with Gasteiger partial charge in [0.15, 0.2) is 5.16 Å². The molecule has 1 heterocycles. The van der Waals surface area contributed by atoms with Crippen LogP contribution in [0, 0.1) is 5.82 Å². The Hall–Kier alpha value is -3.33. The average molecular weight is 425 g/mol. The maximum Gasteiger partial charge on any atom is 0.319 e. The number of hydrogen-bond acceptors (Lipinski definition) is 4. The molecule has 9 heteroatoms. The summed E-state index contributed by atoms with van der Waals surface area (Å²) in [6.07, 6.45) is 5.38. The maximum atomic E-state index is 13.3. The number of aromatic nitrogens is 2. The highest BCUT2D eigenvalue weighted by atomic mass is 32.2. The van der Waals surface area contributed by atoms with Crippen LogP contribution in [0.2, 0.25) is 0 Å². The molecule has 0 radical (unpaired) electrons. The van der Waals surface area contributed by atoms with Crippen LogP contribution in [0.4, 0.5) is 20.6 Å². The number of benzene rings is 2. The van der Waals surface area contributed by atoms with Crippen molar-refractivity contribution in [2.45, 2.75) is 24.0 Å². The van der Waals surface area contributed by atoms with E-state index in [4.69, 9.17) is 0 Å². The second-order valence-corrected chi connectivity index (χ2v) is 7.62. The van der Waals surface area contributed by atoms with Crippen molar-refractivity contribution in [3.8, 4) is 5.69 Å². The summed E-state index contributed by atoms with van der Waals surface area (Å²) < 4.78 is 15.0. The molecular weight excluding hydrogens is 405 g/mol. The zero-order valence-corrected chi connectivity index (χ0v) is 17.0.